The highest BCUT2D eigenvalue weighted by atomic mass is 16.2. The van der Waals surface area contributed by atoms with Crippen LogP contribution in [0.15, 0.2) is 0 Å². The minimum atomic E-state index is -0.274. The Morgan fingerprint density at radius 2 is 2.00 bits per heavy atom. The molecule has 0 radical (unpaired) electrons. The highest BCUT2D eigenvalue weighted by Gasteiger charge is 2.34. The predicted octanol–water partition coefficient (Wildman–Crippen LogP) is 0.358. The second-order valence-electron chi connectivity index (χ2n) is 5.28. The van der Waals surface area contributed by atoms with Crippen molar-refractivity contribution in [2.75, 3.05) is 20.1 Å². The number of hydrogen-bond acceptors (Lipinski definition) is 3. The molecule has 5 heteroatoms. The van der Waals surface area contributed by atoms with Crippen LogP contribution in [0.4, 0.5) is 0 Å². The second-order valence-corrected chi connectivity index (χ2v) is 5.28. The average molecular weight is 255 g/mol. The van der Waals surface area contributed by atoms with E-state index < -0.39 is 0 Å². The Hall–Kier alpha value is -1.10. The first-order valence-electron chi connectivity index (χ1n) is 6.72. The number of amides is 2. The summed E-state index contributed by atoms with van der Waals surface area (Å²) in [6.07, 6.45) is 1.69. The molecule has 1 rings (SSSR count). The minimum Gasteiger partial charge on any atom is -0.353 e. The number of carbonyl (C=O) groups is 2. The van der Waals surface area contributed by atoms with Gasteiger partial charge in [-0.3, -0.25) is 9.59 Å². The van der Waals surface area contributed by atoms with Crippen LogP contribution in [0.2, 0.25) is 0 Å². The zero-order valence-electron chi connectivity index (χ0n) is 11.8. The molecule has 5 nitrogen and oxygen atoms in total. The third kappa shape index (κ3) is 3.70. The molecule has 1 aliphatic rings. The Morgan fingerprint density at radius 3 is 2.56 bits per heavy atom. The molecule has 0 bridgehead atoms. The Kier molecular flexibility index (Phi) is 5.59. The summed E-state index contributed by atoms with van der Waals surface area (Å²) in [6.45, 7) is 7.05. The molecule has 2 N–H and O–H groups in total. The van der Waals surface area contributed by atoms with Gasteiger partial charge in [-0.15, -0.1) is 0 Å². The van der Waals surface area contributed by atoms with Crippen molar-refractivity contribution in [2.24, 2.45) is 5.92 Å². The zero-order valence-corrected chi connectivity index (χ0v) is 11.8. The van der Waals surface area contributed by atoms with Gasteiger partial charge in [0.25, 0.3) is 0 Å². The maximum atomic E-state index is 12.1. The van der Waals surface area contributed by atoms with Gasteiger partial charge in [-0.25, -0.2) is 0 Å². The SMILES string of the molecule is CNC(C)CNC(=O)C1CCCN1C(=O)C(C)C. The van der Waals surface area contributed by atoms with E-state index in [0.717, 1.165) is 12.8 Å². The van der Waals surface area contributed by atoms with Crippen LogP contribution in [0.3, 0.4) is 0 Å². The molecule has 2 unspecified atom stereocenters. The molecule has 0 aromatic heterocycles. The first-order valence-corrected chi connectivity index (χ1v) is 6.72. The summed E-state index contributed by atoms with van der Waals surface area (Å²) in [5, 5.41) is 5.97. The number of likely N-dealkylation sites (tertiary alicyclic amines) is 1. The van der Waals surface area contributed by atoms with Crippen molar-refractivity contribution < 1.29 is 9.59 Å². The molecule has 2 amide bonds. The first-order chi connectivity index (χ1) is 8.47. The zero-order chi connectivity index (χ0) is 13.7. The van der Waals surface area contributed by atoms with Crippen LogP contribution in [0.1, 0.15) is 33.6 Å². The lowest BCUT2D eigenvalue weighted by Gasteiger charge is -2.26. The molecule has 2 atom stereocenters. The van der Waals surface area contributed by atoms with E-state index in [4.69, 9.17) is 0 Å². The molecule has 0 saturated carbocycles. The number of hydrogen-bond donors (Lipinski definition) is 2. The largest absolute Gasteiger partial charge is 0.353 e. The highest BCUT2D eigenvalue weighted by Crippen LogP contribution is 2.19. The monoisotopic (exact) mass is 255 g/mol. The van der Waals surface area contributed by atoms with E-state index in [0.29, 0.717) is 13.1 Å². The van der Waals surface area contributed by atoms with Crippen molar-refractivity contribution in [2.45, 2.75) is 45.7 Å². The minimum absolute atomic E-state index is 0.0244. The summed E-state index contributed by atoms with van der Waals surface area (Å²) < 4.78 is 0. The molecule has 1 heterocycles. The van der Waals surface area contributed by atoms with E-state index >= 15 is 0 Å². The quantitative estimate of drug-likeness (QED) is 0.745. The fourth-order valence-corrected chi connectivity index (χ4v) is 2.11. The molecule has 0 aromatic rings. The summed E-state index contributed by atoms with van der Waals surface area (Å²) in [6, 6.07) is -0.0337. The Labute approximate surface area is 109 Å². The summed E-state index contributed by atoms with van der Waals surface area (Å²) in [5.74, 6) is 0.00699. The first kappa shape index (κ1) is 15.0. The van der Waals surface area contributed by atoms with Gasteiger partial charge in [0, 0.05) is 25.0 Å². The van der Waals surface area contributed by atoms with E-state index in [9.17, 15) is 9.59 Å². The fraction of sp³-hybridized carbons (Fsp3) is 0.846. The molecule has 104 valence electrons. The lowest BCUT2D eigenvalue weighted by molar-refractivity contribution is -0.140. The van der Waals surface area contributed by atoms with Gasteiger partial charge >= 0.3 is 0 Å². The van der Waals surface area contributed by atoms with Crippen LogP contribution in [0, 0.1) is 5.92 Å². The molecule has 0 spiro atoms. The summed E-state index contributed by atoms with van der Waals surface area (Å²) >= 11 is 0. The number of nitrogens with one attached hydrogen (secondary N) is 2. The average Bonchev–Trinajstić information content (AvgIpc) is 2.83. The van der Waals surface area contributed by atoms with Gasteiger partial charge in [-0.1, -0.05) is 13.8 Å². The number of nitrogens with zero attached hydrogens (tertiary/aromatic N) is 1. The van der Waals surface area contributed by atoms with Gasteiger partial charge < -0.3 is 15.5 Å². The third-order valence-corrected chi connectivity index (χ3v) is 3.41. The third-order valence-electron chi connectivity index (χ3n) is 3.41. The van der Waals surface area contributed by atoms with E-state index in [-0.39, 0.29) is 29.8 Å². The fourth-order valence-electron chi connectivity index (χ4n) is 2.11. The molecule has 1 saturated heterocycles. The standard InChI is InChI=1S/C13H25N3O2/c1-9(2)13(18)16-7-5-6-11(16)12(17)15-8-10(3)14-4/h9-11,14H,5-8H2,1-4H3,(H,15,17). The molecule has 18 heavy (non-hydrogen) atoms. The number of carbonyl (C=O) groups excluding carboxylic acids is 2. The van der Waals surface area contributed by atoms with Gasteiger partial charge in [0.2, 0.25) is 11.8 Å². The maximum absolute atomic E-state index is 12.1. The van der Waals surface area contributed by atoms with Crippen LogP contribution in [0.5, 0.6) is 0 Å². The van der Waals surface area contributed by atoms with Crippen molar-refractivity contribution >= 4 is 11.8 Å². The molecule has 0 aromatic carbocycles. The molecular formula is C13H25N3O2. The summed E-state index contributed by atoms with van der Waals surface area (Å²) in [7, 11) is 1.86. The molecule has 1 fully saturated rings. The Morgan fingerprint density at radius 1 is 1.33 bits per heavy atom. The van der Waals surface area contributed by atoms with Gasteiger partial charge in [-0.05, 0) is 26.8 Å². The topological polar surface area (TPSA) is 61.4 Å². The highest BCUT2D eigenvalue weighted by molar-refractivity contribution is 5.88. The maximum Gasteiger partial charge on any atom is 0.242 e. The van der Waals surface area contributed by atoms with E-state index in [1.807, 2.05) is 27.8 Å². The normalized spacial score (nSPS) is 21.2. The van der Waals surface area contributed by atoms with E-state index in [2.05, 4.69) is 10.6 Å². The van der Waals surface area contributed by atoms with Crippen molar-refractivity contribution in [1.29, 1.82) is 0 Å². The number of likely N-dealkylation sites (N-methyl/N-ethyl adjacent to an activating group) is 1. The van der Waals surface area contributed by atoms with Crippen LogP contribution < -0.4 is 10.6 Å². The van der Waals surface area contributed by atoms with Gasteiger partial charge in [0.15, 0.2) is 0 Å². The Balaban J connectivity index is 2.53. The molecule has 1 aliphatic heterocycles. The number of rotatable bonds is 5. The van der Waals surface area contributed by atoms with Crippen LogP contribution in [0.25, 0.3) is 0 Å². The lowest BCUT2D eigenvalue weighted by atomic mass is 10.1. The lowest BCUT2D eigenvalue weighted by Crippen LogP contribution is -2.49. The smallest absolute Gasteiger partial charge is 0.242 e. The summed E-state index contributed by atoms with van der Waals surface area (Å²) in [4.78, 5) is 25.8. The van der Waals surface area contributed by atoms with Crippen LogP contribution >= 0.6 is 0 Å². The van der Waals surface area contributed by atoms with E-state index in [1.54, 1.807) is 4.90 Å². The summed E-state index contributed by atoms with van der Waals surface area (Å²) in [5.41, 5.74) is 0. The van der Waals surface area contributed by atoms with E-state index in [1.165, 1.54) is 0 Å². The molecule has 0 aliphatic carbocycles. The van der Waals surface area contributed by atoms with Crippen molar-refractivity contribution in [3.05, 3.63) is 0 Å². The van der Waals surface area contributed by atoms with Crippen molar-refractivity contribution in [3.8, 4) is 0 Å². The Bertz CT molecular complexity index is 305. The second kappa shape index (κ2) is 6.73. The van der Waals surface area contributed by atoms with Gasteiger partial charge in [0.05, 0.1) is 0 Å². The van der Waals surface area contributed by atoms with Gasteiger partial charge in [0.1, 0.15) is 6.04 Å². The van der Waals surface area contributed by atoms with Crippen molar-refractivity contribution in [1.82, 2.24) is 15.5 Å². The predicted molar refractivity (Wildman–Crippen MR) is 71.1 cm³/mol. The molecular weight excluding hydrogens is 230 g/mol. The van der Waals surface area contributed by atoms with Crippen LogP contribution in [-0.4, -0.2) is 48.9 Å². The van der Waals surface area contributed by atoms with Gasteiger partial charge in [-0.2, -0.15) is 0 Å². The van der Waals surface area contributed by atoms with Crippen LogP contribution in [-0.2, 0) is 9.59 Å². The van der Waals surface area contributed by atoms with Crippen molar-refractivity contribution in [3.63, 3.8) is 0 Å².